The molecule has 0 atom stereocenters. The number of aromatic amines is 1. The Morgan fingerprint density at radius 1 is 1.59 bits per heavy atom. The maximum atomic E-state index is 11.5. The topological polar surface area (TPSA) is 58.6 Å². The zero-order valence-corrected chi connectivity index (χ0v) is 11.5. The van der Waals surface area contributed by atoms with Gasteiger partial charge in [0.2, 0.25) is 0 Å². The summed E-state index contributed by atoms with van der Waals surface area (Å²) < 4.78 is 0.765. The van der Waals surface area contributed by atoms with E-state index < -0.39 is 0 Å². The average molecular weight is 288 g/mol. The molecule has 7 heteroatoms. The minimum atomic E-state index is -0.253. The highest BCUT2D eigenvalue weighted by Crippen LogP contribution is 2.25. The Kier molecular flexibility index (Phi) is 4.20. The van der Waals surface area contributed by atoms with E-state index in [9.17, 15) is 4.79 Å². The molecule has 0 bridgehead atoms. The number of thiophene rings is 1. The highest BCUT2D eigenvalue weighted by Gasteiger charge is 2.04. The molecule has 0 saturated heterocycles. The summed E-state index contributed by atoms with van der Waals surface area (Å²) in [4.78, 5) is 15.4. The molecule has 17 heavy (non-hydrogen) atoms. The van der Waals surface area contributed by atoms with Gasteiger partial charge in [-0.2, -0.15) is 10.1 Å². The summed E-state index contributed by atoms with van der Waals surface area (Å²) in [7, 11) is 0. The number of aromatic nitrogens is 3. The molecule has 0 radical (unpaired) electrons. The van der Waals surface area contributed by atoms with Crippen LogP contribution in [0.5, 0.6) is 0 Å². The number of hydrogen-bond donors (Lipinski definition) is 1. The van der Waals surface area contributed by atoms with Crippen molar-refractivity contribution in [2.45, 2.75) is 24.3 Å². The molecule has 0 fully saturated rings. The van der Waals surface area contributed by atoms with E-state index in [1.165, 1.54) is 23.1 Å². The van der Waals surface area contributed by atoms with E-state index in [-0.39, 0.29) is 5.56 Å². The van der Waals surface area contributed by atoms with Gasteiger partial charge in [-0.1, -0.05) is 30.3 Å². The summed E-state index contributed by atoms with van der Waals surface area (Å²) in [5.74, 6) is 0.722. The van der Waals surface area contributed by atoms with Crippen LogP contribution in [0, 0.1) is 0 Å². The van der Waals surface area contributed by atoms with Crippen molar-refractivity contribution in [1.29, 1.82) is 0 Å². The monoisotopic (exact) mass is 287 g/mol. The third-order valence-corrected chi connectivity index (χ3v) is 4.14. The number of hydrogen-bond acceptors (Lipinski definition) is 5. The average Bonchev–Trinajstić information content (AvgIpc) is 2.73. The van der Waals surface area contributed by atoms with Crippen LogP contribution in [0.15, 0.2) is 21.4 Å². The predicted molar refractivity (Wildman–Crippen MR) is 70.9 cm³/mol. The molecule has 4 nitrogen and oxygen atoms in total. The van der Waals surface area contributed by atoms with E-state index in [4.69, 9.17) is 11.6 Å². The first kappa shape index (κ1) is 12.6. The number of aryl methyl sites for hydroxylation is 1. The van der Waals surface area contributed by atoms with Gasteiger partial charge in [-0.05, 0) is 23.4 Å². The van der Waals surface area contributed by atoms with Gasteiger partial charge in [0.1, 0.15) is 5.69 Å². The van der Waals surface area contributed by atoms with Crippen LogP contribution >= 0.6 is 34.7 Å². The highest BCUT2D eigenvalue weighted by atomic mass is 35.5. The van der Waals surface area contributed by atoms with Gasteiger partial charge in [0.15, 0.2) is 5.16 Å². The van der Waals surface area contributed by atoms with Crippen molar-refractivity contribution >= 4 is 34.7 Å². The van der Waals surface area contributed by atoms with Crippen molar-refractivity contribution in [3.05, 3.63) is 37.4 Å². The summed E-state index contributed by atoms with van der Waals surface area (Å²) in [6.07, 6.45) is 0.591. The summed E-state index contributed by atoms with van der Waals surface area (Å²) in [6, 6.07) is 1.91. The highest BCUT2D eigenvalue weighted by molar-refractivity contribution is 7.98. The molecule has 0 unspecified atom stereocenters. The lowest BCUT2D eigenvalue weighted by molar-refractivity contribution is 0.765. The molecule has 2 rings (SSSR count). The van der Waals surface area contributed by atoms with E-state index >= 15 is 0 Å². The predicted octanol–water partition coefficient (Wildman–Crippen LogP) is 2.73. The van der Waals surface area contributed by atoms with Crippen LogP contribution in [0.3, 0.4) is 0 Å². The molecule has 2 heterocycles. The largest absolute Gasteiger partial charge is 0.295 e. The number of halogens is 1. The second kappa shape index (κ2) is 5.66. The van der Waals surface area contributed by atoms with Gasteiger partial charge in [-0.25, -0.2) is 0 Å². The third-order valence-electron chi connectivity index (χ3n) is 2.07. The first-order valence-electron chi connectivity index (χ1n) is 5.00. The van der Waals surface area contributed by atoms with Crippen LogP contribution in [0.25, 0.3) is 0 Å². The zero-order chi connectivity index (χ0) is 12.3. The quantitative estimate of drug-likeness (QED) is 0.879. The molecule has 1 N–H and O–H groups in total. The fourth-order valence-electron chi connectivity index (χ4n) is 1.21. The van der Waals surface area contributed by atoms with E-state index in [1.54, 1.807) is 0 Å². The number of rotatable bonds is 4. The van der Waals surface area contributed by atoms with E-state index in [0.29, 0.717) is 17.3 Å². The van der Waals surface area contributed by atoms with Crippen molar-refractivity contribution in [3.8, 4) is 0 Å². The van der Waals surface area contributed by atoms with E-state index in [0.717, 1.165) is 15.7 Å². The van der Waals surface area contributed by atoms with Crippen LogP contribution in [0.1, 0.15) is 18.2 Å². The first-order valence-corrected chi connectivity index (χ1v) is 7.24. The van der Waals surface area contributed by atoms with Crippen LogP contribution < -0.4 is 5.56 Å². The second-order valence-electron chi connectivity index (χ2n) is 3.29. The molecule has 90 valence electrons. The van der Waals surface area contributed by atoms with Crippen molar-refractivity contribution < 1.29 is 0 Å². The first-order chi connectivity index (χ1) is 8.19. The molecular weight excluding hydrogens is 278 g/mol. The molecule has 0 aliphatic rings. The summed E-state index contributed by atoms with van der Waals surface area (Å²) >= 11 is 8.76. The third kappa shape index (κ3) is 3.31. The Bertz CT molecular complexity index is 567. The van der Waals surface area contributed by atoms with Gasteiger partial charge >= 0.3 is 0 Å². The molecular formula is C10H10ClN3OS2. The van der Waals surface area contributed by atoms with Crippen LogP contribution in [-0.4, -0.2) is 15.2 Å². The molecule has 0 aliphatic heterocycles. The molecule has 0 aromatic carbocycles. The van der Waals surface area contributed by atoms with Gasteiger partial charge in [0.25, 0.3) is 5.56 Å². The molecule has 2 aromatic rings. The normalized spacial score (nSPS) is 10.7. The second-order valence-corrected chi connectivity index (χ2v) is 5.80. The number of thioether (sulfide) groups is 1. The summed E-state index contributed by atoms with van der Waals surface area (Å²) in [5.41, 5.74) is 1.33. The molecule has 2 aromatic heterocycles. The van der Waals surface area contributed by atoms with Crippen molar-refractivity contribution in [2.24, 2.45) is 0 Å². The van der Waals surface area contributed by atoms with Crippen molar-refractivity contribution in [1.82, 2.24) is 15.2 Å². The lowest BCUT2D eigenvalue weighted by Gasteiger charge is -1.99. The number of H-pyrrole nitrogens is 1. The number of nitrogens with zero attached hydrogens (tertiary/aromatic N) is 2. The SMILES string of the molecule is CCc1n[nH]c(SCc2csc(Cl)c2)nc1=O. The maximum absolute atomic E-state index is 11.5. The zero-order valence-electron chi connectivity index (χ0n) is 9.07. The summed E-state index contributed by atoms with van der Waals surface area (Å²) in [5, 5.41) is 9.27. The van der Waals surface area contributed by atoms with Crippen molar-refractivity contribution in [3.63, 3.8) is 0 Å². The van der Waals surface area contributed by atoms with Gasteiger partial charge in [0, 0.05) is 5.75 Å². The number of nitrogens with one attached hydrogen (secondary N) is 1. The minimum Gasteiger partial charge on any atom is -0.265 e. The lowest BCUT2D eigenvalue weighted by Crippen LogP contribution is -2.16. The van der Waals surface area contributed by atoms with E-state index in [2.05, 4.69) is 15.2 Å². The smallest absolute Gasteiger partial charge is 0.265 e. The van der Waals surface area contributed by atoms with E-state index in [1.807, 2.05) is 18.4 Å². The molecule has 0 amide bonds. The lowest BCUT2D eigenvalue weighted by atomic mass is 10.4. The Morgan fingerprint density at radius 3 is 3.00 bits per heavy atom. The van der Waals surface area contributed by atoms with Gasteiger partial charge in [0.05, 0.1) is 4.34 Å². The van der Waals surface area contributed by atoms with Gasteiger partial charge in [-0.15, -0.1) is 11.3 Å². The maximum Gasteiger partial charge on any atom is 0.295 e. The Balaban J connectivity index is 2.04. The van der Waals surface area contributed by atoms with Crippen molar-refractivity contribution in [2.75, 3.05) is 0 Å². The van der Waals surface area contributed by atoms with Gasteiger partial charge in [-0.3, -0.25) is 9.89 Å². The Morgan fingerprint density at radius 2 is 2.41 bits per heavy atom. The fourth-order valence-corrected chi connectivity index (χ4v) is 2.95. The Hall–Kier alpha value is -0.850. The molecule has 0 saturated carbocycles. The van der Waals surface area contributed by atoms with Crippen LogP contribution in [-0.2, 0) is 12.2 Å². The van der Waals surface area contributed by atoms with Crippen LogP contribution in [0.4, 0.5) is 0 Å². The van der Waals surface area contributed by atoms with Gasteiger partial charge < -0.3 is 0 Å². The van der Waals surface area contributed by atoms with Crippen LogP contribution in [0.2, 0.25) is 4.34 Å². The fraction of sp³-hybridized carbons (Fsp3) is 0.300. The minimum absolute atomic E-state index is 0.253. The Labute approximate surface area is 111 Å². The summed E-state index contributed by atoms with van der Waals surface area (Å²) in [6.45, 7) is 1.87. The molecule has 0 aliphatic carbocycles. The standard InChI is InChI=1S/C10H10ClN3OS2/c1-2-7-9(15)12-10(14-13-7)17-5-6-3-8(11)16-4-6/h3-4H,2,5H2,1H3,(H,12,14,15). The molecule has 0 spiro atoms.